The van der Waals surface area contributed by atoms with Gasteiger partial charge in [-0.3, -0.25) is 4.79 Å². The molecule has 0 saturated carbocycles. The van der Waals surface area contributed by atoms with Gasteiger partial charge in [0.05, 0.1) is 13.0 Å². The Bertz CT molecular complexity index is 443. The minimum atomic E-state index is -4.39. The molecule has 0 spiro atoms. The minimum Gasteiger partial charge on any atom is -0.497 e. The van der Waals surface area contributed by atoms with Gasteiger partial charge in [0, 0.05) is 6.61 Å². The Kier molecular flexibility index (Phi) is 6.48. The molecule has 0 saturated heterocycles. The molecular formula is C14H17F3O4. The van der Waals surface area contributed by atoms with E-state index in [1.54, 1.807) is 24.3 Å². The number of carboxylic acids is 1. The molecule has 21 heavy (non-hydrogen) atoms. The smallest absolute Gasteiger partial charge is 0.411 e. The molecule has 1 rings (SSSR count). The lowest BCUT2D eigenvalue weighted by Crippen LogP contribution is -2.22. The van der Waals surface area contributed by atoms with Crippen molar-refractivity contribution < 1.29 is 32.5 Å². The number of aliphatic carboxylic acids is 1. The van der Waals surface area contributed by atoms with Crippen LogP contribution in [-0.4, -0.2) is 37.6 Å². The Balaban J connectivity index is 2.47. The van der Waals surface area contributed by atoms with Gasteiger partial charge in [-0.05, 0) is 30.5 Å². The summed E-state index contributed by atoms with van der Waals surface area (Å²) in [6.07, 6.45) is -4.14. The first-order valence-electron chi connectivity index (χ1n) is 6.32. The number of halogens is 3. The Labute approximate surface area is 120 Å². The van der Waals surface area contributed by atoms with Crippen molar-refractivity contribution >= 4 is 5.97 Å². The summed E-state index contributed by atoms with van der Waals surface area (Å²) in [4.78, 5) is 11.1. The highest BCUT2D eigenvalue weighted by Crippen LogP contribution is 2.18. The summed E-state index contributed by atoms with van der Waals surface area (Å²) < 4.78 is 45.1. The molecule has 1 aromatic rings. The largest absolute Gasteiger partial charge is 0.497 e. The summed E-state index contributed by atoms with van der Waals surface area (Å²) in [6, 6.07) is 6.86. The molecule has 4 nitrogen and oxygen atoms in total. The van der Waals surface area contributed by atoms with Crippen molar-refractivity contribution in [1.82, 2.24) is 0 Å². The van der Waals surface area contributed by atoms with E-state index in [0.29, 0.717) is 5.75 Å². The van der Waals surface area contributed by atoms with Gasteiger partial charge in [-0.25, -0.2) is 0 Å². The maximum Gasteiger partial charge on any atom is 0.411 e. The van der Waals surface area contributed by atoms with Crippen molar-refractivity contribution in [1.29, 1.82) is 0 Å². The van der Waals surface area contributed by atoms with Crippen LogP contribution in [0.4, 0.5) is 13.2 Å². The number of carboxylic acid groups (broad SMARTS) is 1. The molecule has 0 bridgehead atoms. The first-order chi connectivity index (χ1) is 9.81. The molecule has 1 N–H and O–H groups in total. The van der Waals surface area contributed by atoms with E-state index in [1.807, 2.05) is 0 Å². The summed E-state index contributed by atoms with van der Waals surface area (Å²) in [5.41, 5.74) is 0.777. The van der Waals surface area contributed by atoms with E-state index in [2.05, 4.69) is 4.74 Å². The number of hydrogen-bond acceptors (Lipinski definition) is 3. The molecular weight excluding hydrogens is 289 g/mol. The van der Waals surface area contributed by atoms with Crippen LogP contribution in [0.5, 0.6) is 5.75 Å². The number of alkyl halides is 3. The number of carbonyl (C=O) groups is 1. The molecule has 0 fully saturated rings. The molecule has 1 atom stereocenters. The second kappa shape index (κ2) is 7.87. The molecule has 0 aliphatic rings. The van der Waals surface area contributed by atoms with Crippen molar-refractivity contribution in [2.24, 2.45) is 5.92 Å². The van der Waals surface area contributed by atoms with Crippen LogP contribution in [0.3, 0.4) is 0 Å². The third-order valence-corrected chi connectivity index (χ3v) is 2.87. The number of rotatable bonds is 8. The zero-order chi connectivity index (χ0) is 15.9. The first kappa shape index (κ1) is 17.3. The molecule has 118 valence electrons. The van der Waals surface area contributed by atoms with Crippen molar-refractivity contribution in [2.75, 3.05) is 20.3 Å². The second-order valence-corrected chi connectivity index (χ2v) is 4.54. The van der Waals surface area contributed by atoms with Crippen molar-refractivity contribution in [3.05, 3.63) is 29.8 Å². The monoisotopic (exact) mass is 306 g/mol. The molecule has 1 unspecified atom stereocenters. The van der Waals surface area contributed by atoms with Crippen LogP contribution in [0.25, 0.3) is 0 Å². The topological polar surface area (TPSA) is 55.8 Å². The SMILES string of the molecule is COc1ccc(CC(CCOCC(F)(F)F)C(=O)O)cc1. The normalized spacial score (nSPS) is 13.0. The van der Waals surface area contributed by atoms with Crippen molar-refractivity contribution in [3.63, 3.8) is 0 Å². The summed E-state index contributed by atoms with van der Waals surface area (Å²) in [5, 5.41) is 9.09. The van der Waals surface area contributed by atoms with Crippen LogP contribution >= 0.6 is 0 Å². The lowest BCUT2D eigenvalue weighted by atomic mass is 9.96. The highest BCUT2D eigenvalue weighted by Gasteiger charge is 2.27. The number of ether oxygens (including phenoxy) is 2. The second-order valence-electron chi connectivity index (χ2n) is 4.54. The van der Waals surface area contributed by atoms with Crippen LogP contribution in [0, 0.1) is 5.92 Å². The van der Waals surface area contributed by atoms with Gasteiger partial charge in [0.15, 0.2) is 0 Å². The van der Waals surface area contributed by atoms with Gasteiger partial charge in [-0.2, -0.15) is 13.2 Å². The number of benzene rings is 1. The van der Waals surface area contributed by atoms with E-state index >= 15 is 0 Å². The zero-order valence-electron chi connectivity index (χ0n) is 11.5. The highest BCUT2D eigenvalue weighted by atomic mass is 19.4. The van der Waals surface area contributed by atoms with Crippen molar-refractivity contribution in [3.8, 4) is 5.75 Å². The molecule has 0 aliphatic carbocycles. The van der Waals surface area contributed by atoms with E-state index in [9.17, 15) is 18.0 Å². The fourth-order valence-electron chi connectivity index (χ4n) is 1.77. The maximum atomic E-state index is 11.9. The van der Waals surface area contributed by atoms with Crippen LogP contribution in [0.15, 0.2) is 24.3 Å². The molecule has 0 radical (unpaired) electrons. The zero-order valence-corrected chi connectivity index (χ0v) is 11.5. The fourth-order valence-corrected chi connectivity index (χ4v) is 1.77. The summed E-state index contributed by atoms with van der Waals surface area (Å²) in [6.45, 7) is -1.60. The van der Waals surface area contributed by atoms with Crippen LogP contribution in [0.1, 0.15) is 12.0 Å². The summed E-state index contributed by atoms with van der Waals surface area (Å²) in [5.74, 6) is -1.19. The van der Waals surface area contributed by atoms with E-state index in [1.165, 1.54) is 7.11 Å². The van der Waals surface area contributed by atoms with E-state index < -0.39 is 24.7 Å². The third kappa shape index (κ3) is 6.99. The predicted molar refractivity (Wildman–Crippen MR) is 69.3 cm³/mol. The van der Waals surface area contributed by atoms with Crippen molar-refractivity contribution in [2.45, 2.75) is 19.0 Å². The molecule has 0 amide bonds. The van der Waals surface area contributed by atoms with E-state index in [0.717, 1.165) is 5.56 Å². The molecule has 0 aliphatic heterocycles. The number of methoxy groups -OCH3 is 1. The molecule has 0 heterocycles. The van der Waals surface area contributed by atoms with Crippen LogP contribution in [0.2, 0.25) is 0 Å². The summed E-state index contributed by atoms with van der Waals surface area (Å²) in [7, 11) is 1.52. The quantitative estimate of drug-likeness (QED) is 0.750. The molecule has 0 aromatic heterocycles. The van der Waals surface area contributed by atoms with Crippen LogP contribution < -0.4 is 4.74 Å². The minimum absolute atomic E-state index is 0.0252. The Morgan fingerprint density at radius 2 is 1.90 bits per heavy atom. The summed E-state index contributed by atoms with van der Waals surface area (Å²) >= 11 is 0. The van der Waals surface area contributed by atoms with Gasteiger partial charge in [-0.1, -0.05) is 12.1 Å². The highest BCUT2D eigenvalue weighted by molar-refractivity contribution is 5.70. The Morgan fingerprint density at radius 3 is 2.38 bits per heavy atom. The van der Waals surface area contributed by atoms with Gasteiger partial charge >= 0.3 is 12.1 Å². The maximum absolute atomic E-state index is 11.9. The predicted octanol–water partition coefficient (Wildman–Crippen LogP) is 2.91. The average Bonchev–Trinajstić information content (AvgIpc) is 2.41. The number of hydrogen-bond donors (Lipinski definition) is 1. The first-order valence-corrected chi connectivity index (χ1v) is 6.32. The average molecular weight is 306 g/mol. The van der Waals surface area contributed by atoms with Gasteiger partial charge in [-0.15, -0.1) is 0 Å². The molecule has 7 heteroatoms. The van der Waals surface area contributed by atoms with E-state index in [-0.39, 0.29) is 19.4 Å². The van der Waals surface area contributed by atoms with Gasteiger partial charge < -0.3 is 14.6 Å². The van der Waals surface area contributed by atoms with Gasteiger partial charge in [0.1, 0.15) is 12.4 Å². The van der Waals surface area contributed by atoms with Gasteiger partial charge in [0.25, 0.3) is 0 Å². The van der Waals surface area contributed by atoms with Gasteiger partial charge in [0.2, 0.25) is 0 Å². The Morgan fingerprint density at radius 1 is 1.29 bits per heavy atom. The standard InChI is InChI=1S/C14H17F3O4/c1-20-12-4-2-10(3-5-12)8-11(13(18)19)6-7-21-9-14(15,16)17/h2-5,11H,6-9H2,1H3,(H,18,19). The fraction of sp³-hybridized carbons (Fsp3) is 0.500. The third-order valence-electron chi connectivity index (χ3n) is 2.87. The Hall–Kier alpha value is -1.76. The molecule has 1 aromatic carbocycles. The van der Waals surface area contributed by atoms with Crippen LogP contribution in [-0.2, 0) is 16.0 Å². The van der Waals surface area contributed by atoms with E-state index in [4.69, 9.17) is 9.84 Å². The lowest BCUT2D eigenvalue weighted by molar-refractivity contribution is -0.175. The lowest BCUT2D eigenvalue weighted by Gasteiger charge is -2.13.